The van der Waals surface area contributed by atoms with Gasteiger partial charge in [-0.3, -0.25) is 14.4 Å². The van der Waals surface area contributed by atoms with Gasteiger partial charge in [0.05, 0.1) is 12.8 Å². The van der Waals surface area contributed by atoms with E-state index >= 15 is 0 Å². The Hall–Kier alpha value is -2.94. The van der Waals surface area contributed by atoms with Crippen molar-refractivity contribution < 1.29 is 23.9 Å². The van der Waals surface area contributed by atoms with Crippen molar-refractivity contribution in [3.05, 3.63) is 29.8 Å². The summed E-state index contributed by atoms with van der Waals surface area (Å²) in [6, 6.07) is 7.12. The van der Waals surface area contributed by atoms with Crippen LogP contribution in [0, 0.1) is 0 Å². The summed E-state index contributed by atoms with van der Waals surface area (Å²) in [6.45, 7) is 0.531. The van der Waals surface area contributed by atoms with Crippen molar-refractivity contribution in [3.63, 3.8) is 0 Å². The van der Waals surface area contributed by atoms with E-state index in [0.29, 0.717) is 17.9 Å². The van der Waals surface area contributed by atoms with Gasteiger partial charge in [-0.15, -0.1) is 0 Å². The van der Waals surface area contributed by atoms with Crippen molar-refractivity contribution in [1.82, 2.24) is 16.1 Å². The number of carbonyl (C=O) groups is 3. The van der Waals surface area contributed by atoms with Crippen molar-refractivity contribution in [1.29, 1.82) is 0 Å². The first kappa shape index (κ1) is 22.4. The fourth-order valence-electron chi connectivity index (χ4n) is 2.88. The zero-order valence-corrected chi connectivity index (χ0v) is 16.6. The van der Waals surface area contributed by atoms with E-state index in [4.69, 9.17) is 9.47 Å². The highest BCUT2D eigenvalue weighted by Crippen LogP contribution is 2.17. The van der Waals surface area contributed by atoms with E-state index < -0.39 is 11.8 Å². The third-order valence-corrected chi connectivity index (χ3v) is 4.40. The maximum atomic E-state index is 12.0. The molecule has 0 bridgehead atoms. The van der Waals surface area contributed by atoms with Crippen LogP contribution in [0.3, 0.4) is 0 Å². The minimum absolute atomic E-state index is 0.0296. The molecule has 2 rings (SSSR count). The molecule has 0 atom stereocenters. The van der Waals surface area contributed by atoms with E-state index in [1.807, 2.05) is 0 Å². The van der Waals surface area contributed by atoms with Crippen LogP contribution in [0.15, 0.2) is 29.4 Å². The van der Waals surface area contributed by atoms with E-state index in [1.165, 1.54) is 19.7 Å². The average Bonchev–Trinajstić information content (AvgIpc) is 2.74. The Morgan fingerprint density at radius 3 is 2.52 bits per heavy atom. The Bertz CT molecular complexity index is 699. The number of rotatable bonds is 9. The first-order chi connectivity index (χ1) is 14.1. The Kier molecular flexibility index (Phi) is 9.64. The van der Waals surface area contributed by atoms with Gasteiger partial charge >= 0.3 is 11.8 Å². The SMILES string of the molecule is COCCNC(=O)C(=O)N/N=C\c1ccc(OCC(=O)NC2CCCCC2)cc1. The normalized spacial score (nSPS) is 14.4. The second-order valence-corrected chi connectivity index (χ2v) is 6.71. The smallest absolute Gasteiger partial charge is 0.329 e. The lowest BCUT2D eigenvalue weighted by atomic mass is 9.95. The van der Waals surface area contributed by atoms with E-state index in [2.05, 4.69) is 21.2 Å². The first-order valence-corrected chi connectivity index (χ1v) is 9.71. The maximum absolute atomic E-state index is 12.0. The summed E-state index contributed by atoms with van der Waals surface area (Å²) in [6.07, 6.45) is 7.03. The minimum Gasteiger partial charge on any atom is -0.484 e. The van der Waals surface area contributed by atoms with Gasteiger partial charge in [-0.25, -0.2) is 5.43 Å². The van der Waals surface area contributed by atoms with Crippen molar-refractivity contribution in [2.24, 2.45) is 5.10 Å². The number of ether oxygens (including phenoxy) is 2. The van der Waals surface area contributed by atoms with E-state index in [1.54, 1.807) is 24.3 Å². The van der Waals surface area contributed by atoms with Crippen LogP contribution in [0.1, 0.15) is 37.7 Å². The number of hydrogen-bond acceptors (Lipinski definition) is 6. The molecular weight excluding hydrogens is 376 g/mol. The van der Waals surface area contributed by atoms with Gasteiger partial charge in [0.2, 0.25) is 0 Å². The van der Waals surface area contributed by atoms with Gasteiger partial charge in [0, 0.05) is 19.7 Å². The molecule has 9 nitrogen and oxygen atoms in total. The molecule has 0 heterocycles. The zero-order chi connectivity index (χ0) is 20.9. The summed E-state index contributed by atoms with van der Waals surface area (Å²) in [4.78, 5) is 35.0. The molecule has 1 aromatic rings. The molecule has 0 spiro atoms. The van der Waals surface area contributed by atoms with Crippen LogP contribution in [-0.4, -0.2) is 56.8 Å². The molecule has 3 amide bonds. The molecule has 1 aliphatic carbocycles. The molecule has 1 aliphatic rings. The van der Waals surface area contributed by atoms with Crippen molar-refractivity contribution in [3.8, 4) is 5.75 Å². The van der Waals surface area contributed by atoms with Crippen LogP contribution < -0.4 is 20.8 Å². The lowest BCUT2D eigenvalue weighted by molar-refractivity contribution is -0.139. The molecular formula is C20H28N4O5. The molecule has 1 saturated carbocycles. The van der Waals surface area contributed by atoms with Crippen molar-refractivity contribution in [2.45, 2.75) is 38.1 Å². The van der Waals surface area contributed by atoms with Crippen LogP contribution in [0.2, 0.25) is 0 Å². The number of hydrazone groups is 1. The van der Waals surface area contributed by atoms with Gasteiger partial charge in [-0.05, 0) is 42.7 Å². The Balaban J connectivity index is 1.69. The molecule has 158 valence electrons. The van der Waals surface area contributed by atoms with Crippen LogP contribution in [0.4, 0.5) is 0 Å². The van der Waals surface area contributed by atoms with Gasteiger partial charge in [0.25, 0.3) is 5.91 Å². The van der Waals surface area contributed by atoms with E-state index in [9.17, 15) is 14.4 Å². The molecule has 0 radical (unpaired) electrons. The van der Waals surface area contributed by atoms with Gasteiger partial charge < -0.3 is 20.1 Å². The number of nitrogens with one attached hydrogen (secondary N) is 3. The summed E-state index contributed by atoms with van der Waals surface area (Å²) >= 11 is 0. The summed E-state index contributed by atoms with van der Waals surface area (Å²) in [5, 5.41) is 9.13. The summed E-state index contributed by atoms with van der Waals surface area (Å²) < 4.78 is 10.3. The fraction of sp³-hybridized carbons (Fsp3) is 0.500. The van der Waals surface area contributed by atoms with Gasteiger partial charge in [0.1, 0.15) is 5.75 Å². The fourth-order valence-corrected chi connectivity index (χ4v) is 2.88. The molecule has 3 N–H and O–H groups in total. The van der Waals surface area contributed by atoms with Gasteiger partial charge in [-0.2, -0.15) is 5.10 Å². The zero-order valence-electron chi connectivity index (χ0n) is 16.6. The molecule has 9 heteroatoms. The number of amides is 3. The summed E-state index contributed by atoms with van der Waals surface area (Å²) in [5.74, 6) is -1.20. The van der Waals surface area contributed by atoms with Gasteiger partial charge in [-0.1, -0.05) is 19.3 Å². The first-order valence-electron chi connectivity index (χ1n) is 9.71. The molecule has 0 aromatic heterocycles. The molecule has 1 aromatic carbocycles. The number of benzene rings is 1. The summed E-state index contributed by atoms with van der Waals surface area (Å²) in [7, 11) is 1.50. The highest BCUT2D eigenvalue weighted by atomic mass is 16.5. The average molecular weight is 404 g/mol. The standard InChI is InChI=1S/C20H28N4O5/c1-28-12-11-21-19(26)20(27)24-22-13-15-7-9-17(10-8-15)29-14-18(25)23-16-5-3-2-4-6-16/h7-10,13,16H,2-6,11-12,14H2,1H3,(H,21,26)(H,23,25)(H,24,27)/b22-13-. The third-order valence-electron chi connectivity index (χ3n) is 4.40. The number of carbonyl (C=O) groups excluding carboxylic acids is 3. The quantitative estimate of drug-likeness (QED) is 0.243. The molecule has 29 heavy (non-hydrogen) atoms. The predicted octanol–water partition coefficient (Wildman–Crippen LogP) is 0.727. The number of hydrogen-bond donors (Lipinski definition) is 3. The van der Waals surface area contributed by atoms with Crippen molar-refractivity contribution in [2.75, 3.05) is 26.9 Å². The van der Waals surface area contributed by atoms with Crippen LogP contribution >= 0.6 is 0 Å². The Morgan fingerprint density at radius 1 is 1.10 bits per heavy atom. The number of nitrogens with zero attached hydrogens (tertiary/aromatic N) is 1. The predicted molar refractivity (Wildman–Crippen MR) is 108 cm³/mol. The molecule has 0 unspecified atom stereocenters. The summed E-state index contributed by atoms with van der Waals surface area (Å²) in [5.41, 5.74) is 2.84. The number of methoxy groups -OCH3 is 1. The highest BCUT2D eigenvalue weighted by molar-refractivity contribution is 6.35. The Morgan fingerprint density at radius 2 is 1.83 bits per heavy atom. The van der Waals surface area contributed by atoms with Crippen LogP contribution in [0.25, 0.3) is 0 Å². The lowest BCUT2D eigenvalue weighted by Gasteiger charge is -2.22. The molecule has 1 fully saturated rings. The van der Waals surface area contributed by atoms with Crippen LogP contribution in [-0.2, 0) is 19.1 Å². The monoisotopic (exact) mass is 404 g/mol. The third kappa shape index (κ3) is 8.73. The Labute approximate surface area is 170 Å². The lowest BCUT2D eigenvalue weighted by Crippen LogP contribution is -2.39. The van der Waals surface area contributed by atoms with Gasteiger partial charge in [0.15, 0.2) is 6.61 Å². The highest BCUT2D eigenvalue weighted by Gasteiger charge is 2.15. The largest absolute Gasteiger partial charge is 0.484 e. The maximum Gasteiger partial charge on any atom is 0.329 e. The second kappa shape index (κ2) is 12.5. The minimum atomic E-state index is -0.860. The van der Waals surface area contributed by atoms with E-state index in [0.717, 1.165) is 25.7 Å². The second-order valence-electron chi connectivity index (χ2n) is 6.71. The molecule has 0 aliphatic heterocycles. The topological polar surface area (TPSA) is 118 Å². The molecule has 0 saturated heterocycles. The van der Waals surface area contributed by atoms with Crippen molar-refractivity contribution >= 4 is 23.9 Å². The van der Waals surface area contributed by atoms with Crippen LogP contribution in [0.5, 0.6) is 5.75 Å². The van der Waals surface area contributed by atoms with E-state index in [-0.39, 0.29) is 25.1 Å².